The summed E-state index contributed by atoms with van der Waals surface area (Å²) in [5.41, 5.74) is 1.03. The van der Waals surface area contributed by atoms with E-state index in [1.54, 1.807) is 0 Å². The molecule has 5 nitrogen and oxygen atoms in total. The van der Waals surface area contributed by atoms with Crippen LogP contribution in [-0.2, 0) is 16.1 Å². The Morgan fingerprint density at radius 3 is 2.72 bits per heavy atom. The first-order chi connectivity index (χ1) is 12.3. The van der Waals surface area contributed by atoms with Gasteiger partial charge in [0, 0.05) is 38.8 Å². The number of ether oxygens (including phenoxy) is 1. The molecule has 0 amide bonds. The van der Waals surface area contributed by atoms with Crippen molar-refractivity contribution in [3.05, 3.63) is 35.9 Å². The number of hydrogen-bond acceptors (Lipinski definition) is 5. The minimum absolute atomic E-state index is 0.0906. The molecule has 2 aliphatic rings. The van der Waals surface area contributed by atoms with Gasteiger partial charge in [-0.1, -0.05) is 36.3 Å². The molecule has 2 saturated heterocycles. The summed E-state index contributed by atoms with van der Waals surface area (Å²) >= 11 is 0. The number of rotatable bonds is 5. The number of carbonyl (C=O) groups is 1. The van der Waals surface area contributed by atoms with Gasteiger partial charge >= 0.3 is 5.97 Å². The summed E-state index contributed by atoms with van der Waals surface area (Å²) in [6.07, 6.45) is 6.39. The first kappa shape index (κ1) is 17.9. The van der Waals surface area contributed by atoms with E-state index in [-0.39, 0.29) is 17.9 Å². The Hall–Kier alpha value is -1.87. The smallest absolute Gasteiger partial charge is 0.312 e. The molecule has 2 atom stereocenters. The molecule has 25 heavy (non-hydrogen) atoms. The zero-order valence-corrected chi connectivity index (χ0v) is 14.7. The van der Waals surface area contributed by atoms with Gasteiger partial charge in [0.15, 0.2) is 0 Å². The molecule has 0 aromatic heterocycles. The van der Waals surface area contributed by atoms with Crippen LogP contribution in [0.25, 0.3) is 0 Å². The summed E-state index contributed by atoms with van der Waals surface area (Å²) in [6.45, 7) is 6.59. The normalized spacial score (nSPS) is 25.2. The van der Waals surface area contributed by atoms with Gasteiger partial charge in [0.25, 0.3) is 0 Å². The highest BCUT2D eigenvalue weighted by molar-refractivity contribution is 5.73. The van der Waals surface area contributed by atoms with Crippen molar-refractivity contribution in [1.29, 1.82) is 0 Å². The van der Waals surface area contributed by atoms with E-state index in [1.807, 2.05) is 30.3 Å². The van der Waals surface area contributed by atoms with E-state index in [0.29, 0.717) is 19.7 Å². The molecule has 2 fully saturated rings. The van der Waals surface area contributed by atoms with Crippen LogP contribution in [0.2, 0.25) is 0 Å². The molecule has 2 aliphatic heterocycles. The Labute approximate surface area is 150 Å². The van der Waals surface area contributed by atoms with Crippen LogP contribution in [-0.4, -0.2) is 67.6 Å². The zero-order chi connectivity index (χ0) is 17.5. The minimum Gasteiger partial charge on any atom is -0.461 e. The van der Waals surface area contributed by atoms with Gasteiger partial charge < -0.3 is 10.1 Å². The van der Waals surface area contributed by atoms with Crippen LogP contribution in [0, 0.1) is 18.3 Å². The topological polar surface area (TPSA) is 44.8 Å². The summed E-state index contributed by atoms with van der Waals surface area (Å²) in [5.74, 6) is 2.52. The molecule has 5 heteroatoms. The van der Waals surface area contributed by atoms with Crippen LogP contribution < -0.4 is 5.32 Å². The standard InChI is InChI=1S/C20H27N3O2/c1-2-10-22-11-13-23(14-12-22)19-8-9-21-15-18(19)20(24)25-16-17-6-4-3-5-7-17/h1,3-7,18-19,21H,8-16H2. The number of esters is 1. The van der Waals surface area contributed by atoms with E-state index >= 15 is 0 Å². The number of terminal acetylenes is 1. The summed E-state index contributed by atoms with van der Waals surface area (Å²) in [4.78, 5) is 17.4. The second kappa shape index (κ2) is 9.00. The fourth-order valence-corrected chi connectivity index (χ4v) is 3.74. The maximum atomic E-state index is 12.7. The van der Waals surface area contributed by atoms with E-state index in [0.717, 1.165) is 44.7 Å². The van der Waals surface area contributed by atoms with Crippen LogP contribution in [0.3, 0.4) is 0 Å². The maximum Gasteiger partial charge on any atom is 0.312 e. The molecular weight excluding hydrogens is 314 g/mol. The predicted molar refractivity (Wildman–Crippen MR) is 97.8 cm³/mol. The lowest BCUT2D eigenvalue weighted by Crippen LogP contribution is -2.57. The van der Waals surface area contributed by atoms with Gasteiger partial charge in [0.1, 0.15) is 6.61 Å². The van der Waals surface area contributed by atoms with E-state index in [2.05, 4.69) is 21.0 Å². The van der Waals surface area contributed by atoms with Crippen molar-refractivity contribution in [2.45, 2.75) is 19.1 Å². The van der Waals surface area contributed by atoms with E-state index in [1.165, 1.54) is 0 Å². The third-order valence-electron chi connectivity index (χ3n) is 5.16. The molecule has 0 radical (unpaired) electrons. The Morgan fingerprint density at radius 1 is 1.24 bits per heavy atom. The van der Waals surface area contributed by atoms with E-state index < -0.39 is 0 Å². The van der Waals surface area contributed by atoms with E-state index in [9.17, 15) is 4.79 Å². The summed E-state index contributed by atoms with van der Waals surface area (Å²) in [6, 6.07) is 10.1. The lowest BCUT2D eigenvalue weighted by molar-refractivity contribution is -0.153. The lowest BCUT2D eigenvalue weighted by Gasteiger charge is -2.43. The summed E-state index contributed by atoms with van der Waals surface area (Å²) in [5, 5.41) is 3.35. The second-order valence-corrected chi connectivity index (χ2v) is 6.78. The highest BCUT2D eigenvalue weighted by Crippen LogP contribution is 2.22. The van der Waals surface area contributed by atoms with Gasteiger partial charge in [0.05, 0.1) is 12.5 Å². The third kappa shape index (κ3) is 4.82. The Kier molecular flexibility index (Phi) is 6.46. The van der Waals surface area contributed by atoms with Crippen LogP contribution >= 0.6 is 0 Å². The molecule has 3 rings (SSSR count). The SMILES string of the molecule is C#CCN1CCN(C2CCNCC2C(=O)OCc2ccccc2)CC1. The number of carbonyl (C=O) groups excluding carboxylic acids is 1. The molecule has 2 heterocycles. The number of nitrogens with zero attached hydrogens (tertiary/aromatic N) is 2. The van der Waals surface area contributed by atoms with E-state index in [4.69, 9.17) is 11.2 Å². The van der Waals surface area contributed by atoms with Crippen LogP contribution in [0.5, 0.6) is 0 Å². The largest absolute Gasteiger partial charge is 0.461 e. The van der Waals surface area contributed by atoms with Crippen molar-refractivity contribution >= 4 is 5.97 Å². The average molecular weight is 341 g/mol. The quantitative estimate of drug-likeness (QED) is 0.638. The van der Waals surface area contributed by atoms with Crippen molar-refractivity contribution in [1.82, 2.24) is 15.1 Å². The van der Waals surface area contributed by atoms with Crippen LogP contribution in [0.4, 0.5) is 0 Å². The highest BCUT2D eigenvalue weighted by Gasteiger charge is 2.37. The minimum atomic E-state index is -0.100. The molecule has 1 N–H and O–H groups in total. The fraction of sp³-hybridized carbons (Fsp3) is 0.550. The van der Waals surface area contributed by atoms with Crippen molar-refractivity contribution in [2.24, 2.45) is 5.92 Å². The molecule has 2 unspecified atom stereocenters. The van der Waals surface area contributed by atoms with Crippen LogP contribution in [0.15, 0.2) is 30.3 Å². The maximum absolute atomic E-state index is 12.7. The summed E-state index contributed by atoms with van der Waals surface area (Å²) < 4.78 is 5.61. The Morgan fingerprint density at radius 2 is 2.00 bits per heavy atom. The number of piperidine rings is 1. The summed E-state index contributed by atoms with van der Waals surface area (Å²) in [7, 11) is 0. The van der Waals surface area contributed by atoms with Gasteiger partial charge in [-0.15, -0.1) is 6.42 Å². The van der Waals surface area contributed by atoms with Gasteiger partial charge in [-0.05, 0) is 18.5 Å². The predicted octanol–water partition coefficient (Wildman–Crippen LogP) is 0.959. The van der Waals surface area contributed by atoms with Gasteiger partial charge in [-0.3, -0.25) is 14.6 Å². The van der Waals surface area contributed by atoms with Gasteiger partial charge in [-0.2, -0.15) is 0 Å². The first-order valence-corrected chi connectivity index (χ1v) is 9.09. The van der Waals surface area contributed by atoms with Crippen LogP contribution in [0.1, 0.15) is 12.0 Å². The highest BCUT2D eigenvalue weighted by atomic mass is 16.5. The molecule has 0 bridgehead atoms. The van der Waals surface area contributed by atoms with Gasteiger partial charge in [0.2, 0.25) is 0 Å². The average Bonchev–Trinajstić information content (AvgIpc) is 2.68. The number of piperazine rings is 1. The molecule has 0 spiro atoms. The zero-order valence-electron chi connectivity index (χ0n) is 14.7. The second-order valence-electron chi connectivity index (χ2n) is 6.78. The lowest BCUT2D eigenvalue weighted by atomic mass is 9.91. The number of nitrogens with one attached hydrogen (secondary N) is 1. The number of benzene rings is 1. The Balaban J connectivity index is 1.55. The molecule has 134 valence electrons. The molecule has 0 saturated carbocycles. The van der Waals surface area contributed by atoms with Crippen molar-refractivity contribution in [2.75, 3.05) is 45.8 Å². The Bertz CT molecular complexity index is 591. The fourth-order valence-electron chi connectivity index (χ4n) is 3.74. The molecule has 1 aromatic rings. The van der Waals surface area contributed by atoms with Crippen molar-refractivity contribution in [3.63, 3.8) is 0 Å². The third-order valence-corrected chi connectivity index (χ3v) is 5.16. The molecular formula is C20H27N3O2. The molecule has 0 aliphatic carbocycles. The van der Waals surface area contributed by atoms with Crippen molar-refractivity contribution < 1.29 is 9.53 Å². The molecule has 1 aromatic carbocycles. The van der Waals surface area contributed by atoms with Crippen molar-refractivity contribution in [3.8, 4) is 12.3 Å². The van der Waals surface area contributed by atoms with Gasteiger partial charge in [-0.25, -0.2) is 0 Å². The number of hydrogen-bond donors (Lipinski definition) is 1. The monoisotopic (exact) mass is 341 g/mol. The first-order valence-electron chi connectivity index (χ1n) is 9.09.